The van der Waals surface area contributed by atoms with Gasteiger partial charge in [-0.25, -0.2) is 14.3 Å². The molecule has 0 aliphatic heterocycles. The van der Waals surface area contributed by atoms with Gasteiger partial charge in [0.05, 0.1) is 18.5 Å². The highest BCUT2D eigenvalue weighted by Crippen LogP contribution is 2.33. The fraction of sp³-hybridized carbons (Fsp3) is 0.273. The molecule has 146 valence electrons. The summed E-state index contributed by atoms with van der Waals surface area (Å²) in [6.07, 6.45) is 0. The topological polar surface area (TPSA) is 50.3 Å². The third-order valence-electron chi connectivity index (χ3n) is 4.28. The minimum atomic E-state index is 0.719. The van der Waals surface area contributed by atoms with Gasteiger partial charge in [0.2, 0.25) is 0 Å². The second-order valence-electron chi connectivity index (χ2n) is 6.24. The predicted molar refractivity (Wildman–Crippen MR) is 117 cm³/mol. The summed E-state index contributed by atoms with van der Waals surface area (Å²) in [5.74, 6) is 2.24. The molecule has 0 bridgehead atoms. The highest BCUT2D eigenvalue weighted by Gasteiger charge is 2.10. The van der Waals surface area contributed by atoms with E-state index in [9.17, 15) is 0 Å². The van der Waals surface area contributed by atoms with Crippen LogP contribution in [0.2, 0.25) is 0 Å². The first-order valence-electron chi connectivity index (χ1n) is 9.42. The highest BCUT2D eigenvalue weighted by molar-refractivity contribution is 7.97. The van der Waals surface area contributed by atoms with Crippen molar-refractivity contribution in [1.82, 2.24) is 14.3 Å². The summed E-state index contributed by atoms with van der Waals surface area (Å²) in [5, 5.41) is 3.42. The molecule has 2 aromatic carbocycles. The maximum atomic E-state index is 5.55. The average molecular weight is 395 g/mol. The molecule has 0 atom stereocenters. The molecule has 0 aliphatic rings. The Balaban J connectivity index is 1.91. The number of hydrogen-bond acceptors (Lipinski definition) is 6. The van der Waals surface area contributed by atoms with Crippen molar-refractivity contribution in [1.29, 1.82) is 0 Å². The van der Waals surface area contributed by atoms with Gasteiger partial charge in [-0.3, -0.25) is 0 Å². The summed E-state index contributed by atoms with van der Waals surface area (Å²) in [7, 11) is 1.68. The fourth-order valence-corrected chi connectivity index (χ4v) is 3.73. The van der Waals surface area contributed by atoms with E-state index in [2.05, 4.69) is 45.6 Å². The van der Waals surface area contributed by atoms with Crippen LogP contribution in [0.25, 0.3) is 11.3 Å². The second kappa shape index (κ2) is 9.57. The Labute approximate surface area is 171 Å². The van der Waals surface area contributed by atoms with Gasteiger partial charge in [-0.2, -0.15) is 0 Å². The van der Waals surface area contributed by atoms with Gasteiger partial charge in [-0.05, 0) is 37.1 Å². The Morgan fingerprint density at radius 3 is 2.43 bits per heavy atom. The molecule has 0 spiro atoms. The van der Waals surface area contributed by atoms with Crippen LogP contribution in [0.3, 0.4) is 0 Å². The van der Waals surface area contributed by atoms with Crippen molar-refractivity contribution in [2.45, 2.75) is 25.7 Å². The van der Waals surface area contributed by atoms with Gasteiger partial charge in [0, 0.05) is 29.6 Å². The average Bonchev–Trinajstić information content (AvgIpc) is 2.72. The first-order valence-corrected chi connectivity index (χ1v) is 10.2. The Morgan fingerprint density at radius 2 is 1.75 bits per heavy atom. The molecular weight excluding hydrogens is 368 g/mol. The second-order valence-corrected chi connectivity index (χ2v) is 7.41. The van der Waals surface area contributed by atoms with Gasteiger partial charge in [-0.15, -0.1) is 0 Å². The molecule has 0 unspecified atom stereocenters. The molecule has 3 aromatic rings. The number of methoxy groups -OCH3 is 1. The zero-order valence-electron chi connectivity index (χ0n) is 16.8. The maximum Gasteiger partial charge on any atom is 0.142 e. The number of benzene rings is 2. The number of nitrogens with one attached hydrogen (secondary N) is 1. The molecule has 1 aromatic heterocycles. The van der Waals surface area contributed by atoms with Crippen molar-refractivity contribution in [3.8, 4) is 17.0 Å². The van der Waals surface area contributed by atoms with E-state index in [0.29, 0.717) is 0 Å². The van der Waals surface area contributed by atoms with Gasteiger partial charge < -0.3 is 10.1 Å². The largest absolute Gasteiger partial charge is 0.495 e. The molecule has 0 radical (unpaired) electrons. The third-order valence-corrected chi connectivity index (χ3v) is 5.52. The minimum Gasteiger partial charge on any atom is -0.495 e. The molecule has 5 nitrogen and oxygen atoms in total. The number of hydrogen-bond donors (Lipinski definition) is 1. The van der Waals surface area contributed by atoms with E-state index in [4.69, 9.17) is 4.74 Å². The third kappa shape index (κ3) is 5.03. The van der Waals surface area contributed by atoms with Gasteiger partial charge in [0.25, 0.3) is 0 Å². The summed E-state index contributed by atoms with van der Waals surface area (Å²) in [6.45, 7) is 8.20. The Hall–Kier alpha value is -2.57. The van der Waals surface area contributed by atoms with E-state index < -0.39 is 0 Å². The normalized spacial score (nSPS) is 10.9. The van der Waals surface area contributed by atoms with Gasteiger partial charge in [0.1, 0.15) is 17.4 Å². The molecule has 1 heterocycles. The molecule has 0 saturated carbocycles. The van der Waals surface area contributed by atoms with E-state index in [1.54, 1.807) is 19.1 Å². The van der Waals surface area contributed by atoms with E-state index in [1.165, 1.54) is 0 Å². The number of ether oxygens (including phenoxy) is 1. The number of aryl methyl sites for hydroxylation is 1. The fourth-order valence-electron chi connectivity index (χ4n) is 2.87. The van der Waals surface area contributed by atoms with Gasteiger partial charge in [-0.1, -0.05) is 44.2 Å². The Morgan fingerprint density at radius 1 is 1.00 bits per heavy atom. The lowest BCUT2D eigenvalue weighted by atomic mass is 10.1. The van der Waals surface area contributed by atoms with E-state index in [0.717, 1.165) is 52.3 Å². The summed E-state index contributed by atoms with van der Waals surface area (Å²) >= 11 is 1.74. The van der Waals surface area contributed by atoms with Gasteiger partial charge in [0.15, 0.2) is 0 Å². The summed E-state index contributed by atoms with van der Waals surface area (Å²) in [5.41, 5.74) is 2.84. The molecule has 0 aliphatic carbocycles. The number of anilines is 2. The minimum absolute atomic E-state index is 0.719. The van der Waals surface area contributed by atoms with Crippen LogP contribution in [0.1, 0.15) is 19.7 Å². The molecule has 28 heavy (non-hydrogen) atoms. The van der Waals surface area contributed by atoms with Crippen LogP contribution in [0.5, 0.6) is 5.75 Å². The van der Waals surface area contributed by atoms with Crippen molar-refractivity contribution in [2.24, 2.45) is 0 Å². The number of nitrogens with zero attached hydrogens (tertiary/aromatic N) is 3. The van der Waals surface area contributed by atoms with Crippen LogP contribution >= 0.6 is 11.9 Å². The summed E-state index contributed by atoms with van der Waals surface area (Å²) in [6, 6.07) is 18.2. The molecule has 0 fully saturated rings. The number of aromatic nitrogens is 2. The molecule has 6 heteroatoms. The lowest BCUT2D eigenvalue weighted by molar-refractivity contribution is 0.416. The van der Waals surface area contributed by atoms with E-state index in [1.807, 2.05) is 49.4 Å². The SMILES string of the molecule is CCN(CC)Sc1ccc(OC)c(Nc2cc(-c3ccccc3)nc(C)n2)c1. The molecule has 0 amide bonds. The van der Waals surface area contributed by atoms with Crippen molar-refractivity contribution < 1.29 is 4.74 Å². The zero-order valence-corrected chi connectivity index (χ0v) is 17.6. The number of rotatable bonds is 8. The predicted octanol–water partition coefficient (Wildman–Crippen LogP) is 5.55. The van der Waals surface area contributed by atoms with Crippen molar-refractivity contribution >= 4 is 23.5 Å². The van der Waals surface area contributed by atoms with Crippen LogP contribution in [-0.2, 0) is 0 Å². The van der Waals surface area contributed by atoms with E-state index in [-0.39, 0.29) is 0 Å². The first-order chi connectivity index (χ1) is 13.6. The van der Waals surface area contributed by atoms with Crippen LogP contribution in [0.4, 0.5) is 11.5 Å². The standard InChI is InChI=1S/C22H26N4OS/c1-5-26(6-2)28-18-12-13-21(27-4)20(14-18)25-22-15-19(23-16(3)24-22)17-10-8-7-9-11-17/h7-15H,5-6H2,1-4H3,(H,23,24,25). The Kier molecular flexibility index (Phi) is 6.90. The highest BCUT2D eigenvalue weighted by atomic mass is 32.2. The van der Waals surface area contributed by atoms with Crippen LogP contribution < -0.4 is 10.1 Å². The van der Waals surface area contributed by atoms with Crippen molar-refractivity contribution in [3.05, 3.63) is 60.4 Å². The maximum absolute atomic E-state index is 5.55. The molecule has 1 N–H and O–H groups in total. The molecular formula is C22H26N4OS. The van der Waals surface area contributed by atoms with Crippen LogP contribution in [-0.4, -0.2) is 34.5 Å². The molecule has 0 saturated heterocycles. The summed E-state index contributed by atoms with van der Waals surface area (Å²) < 4.78 is 7.85. The lowest BCUT2D eigenvalue weighted by Gasteiger charge is -2.18. The van der Waals surface area contributed by atoms with Crippen LogP contribution in [0.15, 0.2) is 59.5 Å². The van der Waals surface area contributed by atoms with Crippen molar-refractivity contribution in [3.63, 3.8) is 0 Å². The van der Waals surface area contributed by atoms with Gasteiger partial charge >= 0.3 is 0 Å². The molecule has 3 rings (SSSR count). The monoisotopic (exact) mass is 394 g/mol. The van der Waals surface area contributed by atoms with Crippen LogP contribution in [0, 0.1) is 6.92 Å². The summed E-state index contributed by atoms with van der Waals surface area (Å²) in [4.78, 5) is 10.3. The zero-order chi connectivity index (χ0) is 19.9. The van der Waals surface area contributed by atoms with Crippen molar-refractivity contribution in [2.75, 3.05) is 25.5 Å². The van der Waals surface area contributed by atoms with E-state index >= 15 is 0 Å². The first kappa shape index (κ1) is 20.2. The lowest BCUT2D eigenvalue weighted by Crippen LogP contribution is -2.13. The quantitative estimate of drug-likeness (QED) is 0.505. The Bertz CT molecular complexity index is 914. The smallest absolute Gasteiger partial charge is 0.142 e.